The molecule has 3 fully saturated rings. The number of carbonyl (C=O) groups is 4. The summed E-state index contributed by atoms with van der Waals surface area (Å²) in [5.41, 5.74) is -0.512. The van der Waals surface area contributed by atoms with Gasteiger partial charge in [-0.25, -0.2) is 4.90 Å². The molecule has 230 valence electrons. The number of phenols is 1. The Kier molecular flexibility index (Phi) is 6.56. The lowest BCUT2D eigenvalue weighted by Crippen LogP contribution is -2.60. The number of allylic oxidation sites excluding steroid dienone is 2. The van der Waals surface area contributed by atoms with Crippen LogP contribution in [-0.2, 0) is 19.2 Å². The van der Waals surface area contributed by atoms with E-state index in [2.05, 4.69) is 4.74 Å². The van der Waals surface area contributed by atoms with Crippen LogP contribution in [0.3, 0.4) is 0 Å². The number of halogens is 5. The number of nitro groups is 1. The van der Waals surface area contributed by atoms with E-state index >= 15 is 0 Å². The van der Waals surface area contributed by atoms with Gasteiger partial charge in [0.2, 0.25) is 11.8 Å². The summed E-state index contributed by atoms with van der Waals surface area (Å²) in [5.74, 6) is -9.39. The van der Waals surface area contributed by atoms with Crippen molar-refractivity contribution in [3.05, 3.63) is 69.8 Å². The van der Waals surface area contributed by atoms with E-state index in [1.165, 1.54) is 24.3 Å². The fraction of sp³-hybridized carbons (Fsp3) is 0.357. The normalized spacial score (nSPS) is 31.5. The zero-order chi connectivity index (χ0) is 32.1. The first-order chi connectivity index (χ1) is 20.5. The van der Waals surface area contributed by atoms with Crippen molar-refractivity contribution >= 4 is 58.2 Å². The third-order valence-corrected chi connectivity index (χ3v) is 10.3. The molecule has 2 aromatic carbocycles. The molecule has 6 atom stereocenters. The molecule has 4 aliphatic rings. The molecule has 1 N–H and O–H groups in total. The highest BCUT2D eigenvalue weighted by Crippen LogP contribution is 2.66. The third kappa shape index (κ3) is 4.03. The summed E-state index contributed by atoms with van der Waals surface area (Å²) >= 11 is 14.0. The van der Waals surface area contributed by atoms with Crippen molar-refractivity contribution in [3.63, 3.8) is 0 Å². The molecule has 44 heavy (non-hydrogen) atoms. The fourth-order valence-electron chi connectivity index (χ4n) is 7.05. The van der Waals surface area contributed by atoms with Gasteiger partial charge in [-0.15, -0.1) is 36.4 Å². The van der Waals surface area contributed by atoms with E-state index in [0.717, 1.165) is 36.2 Å². The topological polar surface area (TPSA) is 147 Å². The minimum Gasteiger partial charge on any atom is -0.508 e. The van der Waals surface area contributed by atoms with Crippen molar-refractivity contribution in [3.8, 4) is 11.5 Å². The predicted molar refractivity (Wildman–Crippen MR) is 146 cm³/mol. The van der Waals surface area contributed by atoms with Crippen LogP contribution in [0.5, 0.6) is 11.5 Å². The Morgan fingerprint density at radius 3 is 2.41 bits per heavy atom. The molecule has 2 aliphatic carbocycles. The molecule has 0 spiro atoms. The van der Waals surface area contributed by atoms with Gasteiger partial charge in [0.25, 0.3) is 17.5 Å². The van der Waals surface area contributed by atoms with E-state index in [1.807, 2.05) is 0 Å². The number of carbonyl (C=O) groups excluding carboxylic acids is 4. The molecule has 11 nitrogen and oxygen atoms in total. The van der Waals surface area contributed by atoms with Crippen LogP contribution in [0.25, 0.3) is 0 Å². The van der Waals surface area contributed by atoms with Gasteiger partial charge in [0.05, 0.1) is 22.4 Å². The first-order valence-corrected chi connectivity index (χ1v) is 13.9. The van der Waals surface area contributed by atoms with Crippen molar-refractivity contribution < 1.29 is 47.1 Å². The number of fused-ring (bicyclic) bond motifs is 4. The summed E-state index contributed by atoms with van der Waals surface area (Å²) in [4.78, 5) is 62.2. The van der Waals surface area contributed by atoms with Crippen LogP contribution in [0.15, 0.2) is 54.1 Å². The molecule has 0 radical (unpaired) electrons. The number of hydrogen-bond donors (Lipinski definition) is 1. The molecule has 2 heterocycles. The van der Waals surface area contributed by atoms with Crippen molar-refractivity contribution in [1.29, 1.82) is 0 Å². The number of alkyl halides is 5. The van der Waals surface area contributed by atoms with Gasteiger partial charge >= 0.3 is 6.36 Å². The molecule has 0 unspecified atom stereocenters. The van der Waals surface area contributed by atoms with E-state index in [9.17, 15) is 47.6 Å². The number of imide groups is 2. The number of rotatable bonds is 4. The van der Waals surface area contributed by atoms with Gasteiger partial charge in [0, 0.05) is 30.7 Å². The molecule has 1 saturated carbocycles. The van der Waals surface area contributed by atoms with Gasteiger partial charge in [0.1, 0.15) is 11.5 Å². The average molecular weight is 654 g/mol. The molecular weight excluding hydrogens is 634 g/mol. The Morgan fingerprint density at radius 1 is 1.05 bits per heavy atom. The minimum absolute atomic E-state index is 0.0497. The zero-order valence-corrected chi connectivity index (χ0v) is 23.9. The van der Waals surface area contributed by atoms with Gasteiger partial charge in [-0.2, -0.15) is 0 Å². The van der Waals surface area contributed by atoms with E-state index in [0.29, 0.717) is 4.90 Å². The molecular formula is C28H20Cl2F3N3O8. The largest absolute Gasteiger partial charge is 0.573 e. The van der Waals surface area contributed by atoms with Crippen molar-refractivity contribution in [2.75, 3.05) is 11.9 Å². The van der Waals surface area contributed by atoms with Gasteiger partial charge in [0.15, 0.2) is 9.75 Å². The Morgan fingerprint density at radius 2 is 1.75 bits per heavy atom. The van der Waals surface area contributed by atoms with Crippen LogP contribution in [-0.4, -0.2) is 61.7 Å². The van der Waals surface area contributed by atoms with Crippen LogP contribution in [0.4, 0.5) is 24.5 Å². The summed E-state index contributed by atoms with van der Waals surface area (Å²) in [6, 6.07) is 7.49. The molecule has 16 heteroatoms. The van der Waals surface area contributed by atoms with Gasteiger partial charge in [-0.3, -0.25) is 34.2 Å². The Labute approximate surface area is 255 Å². The highest BCUT2D eigenvalue weighted by atomic mass is 35.5. The maximum atomic E-state index is 14.0. The van der Waals surface area contributed by atoms with Crippen molar-refractivity contribution in [2.45, 2.75) is 34.9 Å². The Bertz CT molecular complexity index is 1720. The Balaban J connectivity index is 1.51. The third-order valence-electron chi connectivity index (χ3n) is 8.86. The smallest absolute Gasteiger partial charge is 0.508 e. The second kappa shape index (κ2) is 9.66. The zero-order valence-electron chi connectivity index (χ0n) is 22.4. The second-order valence-corrected chi connectivity index (χ2v) is 12.3. The minimum atomic E-state index is -5.11. The predicted octanol–water partition coefficient (Wildman–Crippen LogP) is 4.39. The highest BCUT2D eigenvalue weighted by Gasteiger charge is 2.76. The second-order valence-electron chi connectivity index (χ2n) is 11.1. The van der Waals surface area contributed by atoms with Crippen LogP contribution in [0.1, 0.15) is 24.3 Å². The van der Waals surface area contributed by atoms with E-state index in [-0.39, 0.29) is 28.9 Å². The standard InChI is InChI=1S/C28H20Cl2F3N3O8/c1-34-24(40)26(29)11-18-15(21(27(26,30)25(34)41)17-10-14(5-8-19(17)37)44-28(31,32)33)6-7-16-20(18)23(39)35(22(16)38)12-3-2-4-13(9-12)36(42)43/h2-6,8-10,16,18,20-21,37H,7,11H2,1H3/t16-,18+,20-,21+,26+,27-/m0/s1. The molecule has 2 aliphatic heterocycles. The van der Waals surface area contributed by atoms with Crippen LogP contribution in [0, 0.1) is 27.9 Å². The van der Waals surface area contributed by atoms with Gasteiger partial charge in [-0.05, 0) is 43.0 Å². The number of aromatic hydroxyl groups is 1. The van der Waals surface area contributed by atoms with Crippen LogP contribution >= 0.6 is 23.2 Å². The lowest BCUT2D eigenvalue weighted by Gasteiger charge is -2.50. The lowest BCUT2D eigenvalue weighted by atomic mass is 9.56. The number of amides is 4. The van der Waals surface area contributed by atoms with Gasteiger partial charge < -0.3 is 9.84 Å². The first-order valence-electron chi connectivity index (χ1n) is 13.1. The number of nitrogens with zero attached hydrogens (tertiary/aromatic N) is 3. The number of phenolic OH excluding ortho intramolecular Hbond substituents is 1. The lowest BCUT2D eigenvalue weighted by molar-refractivity contribution is -0.384. The summed E-state index contributed by atoms with van der Waals surface area (Å²) in [7, 11) is 1.13. The number of anilines is 1. The van der Waals surface area contributed by atoms with E-state index < -0.39 is 86.3 Å². The van der Waals surface area contributed by atoms with Crippen LogP contribution in [0.2, 0.25) is 0 Å². The number of likely N-dealkylation sites (tertiary alicyclic amines) is 1. The molecule has 0 bridgehead atoms. The van der Waals surface area contributed by atoms with Crippen molar-refractivity contribution in [1.82, 2.24) is 4.90 Å². The quantitative estimate of drug-likeness (QED) is 0.168. The number of ether oxygens (including phenoxy) is 1. The highest BCUT2D eigenvalue weighted by molar-refractivity contribution is 6.53. The number of hydrogen-bond acceptors (Lipinski definition) is 8. The summed E-state index contributed by atoms with van der Waals surface area (Å²) < 4.78 is 43.4. The summed E-state index contributed by atoms with van der Waals surface area (Å²) in [5, 5.41) is 22.2. The Hall–Kier alpha value is -4.17. The molecule has 0 aromatic heterocycles. The fourth-order valence-corrected chi connectivity index (χ4v) is 8.06. The monoisotopic (exact) mass is 653 g/mol. The average Bonchev–Trinajstić information content (AvgIpc) is 3.28. The molecule has 6 rings (SSSR count). The maximum Gasteiger partial charge on any atom is 0.573 e. The number of non-ortho nitro benzene ring substituents is 1. The number of benzene rings is 2. The van der Waals surface area contributed by atoms with Crippen molar-refractivity contribution in [2.24, 2.45) is 17.8 Å². The maximum absolute atomic E-state index is 14.0. The summed E-state index contributed by atoms with van der Waals surface area (Å²) in [6.07, 6.45) is -4.08. The van der Waals surface area contributed by atoms with Crippen LogP contribution < -0.4 is 9.64 Å². The molecule has 2 aromatic rings. The molecule has 2 saturated heterocycles. The van der Waals surface area contributed by atoms with E-state index in [1.54, 1.807) is 0 Å². The van der Waals surface area contributed by atoms with Gasteiger partial charge in [-0.1, -0.05) is 17.7 Å². The van der Waals surface area contributed by atoms with E-state index in [4.69, 9.17) is 23.2 Å². The molecule has 4 amide bonds. The summed E-state index contributed by atoms with van der Waals surface area (Å²) in [6.45, 7) is 0. The SMILES string of the molecule is CN1C(=O)[C@]2(Cl)C[C@@H]3C(=CC[C@@H]4C(=O)N(c5cccc([N+](=O)[O-])c5)C(=O)[C@@H]43)[C@H](c3cc(OC(F)(F)F)ccc3O)[C@]2(Cl)C1=O. The first kappa shape index (κ1) is 29.9. The number of nitro benzene ring substituents is 1.